The summed E-state index contributed by atoms with van der Waals surface area (Å²) in [5, 5.41) is 344. The molecule has 7 heterocycles. The van der Waals surface area contributed by atoms with Crippen molar-refractivity contribution in [1.29, 1.82) is 0 Å². The van der Waals surface area contributed by atoms with E-state index < -0.39 is 443 Å². The molecule has 56 nitrogen and oxygen atoms in total. The molecule has 0 aliphatic carbocycles. The van der Waals surface area contributed by atoms with Crippen molar-refractivity contribution in [2.24, 2.45) is 11.8 Å². The Hall–Kier alpha value is -4.01. The van der Waals surface area contributed by atoms with E-state index in [9.17, 15) is 182 Å². The molecule has 7 fully saturated rings. The van der Waals surface area contributed by atoms with Gasteiger partial charge >= 0.3 is 0 Å². The van der Waals surface area contributed by atoms with Crippen molar-refractivity contribution in [3.05, 3.63) is 0 Å². The van der Waals surface area contributed by atoms with Crippen LogP contribution in [0.4, 0.5) is 0 Å². The Kier molecular flexibility index (Phi) is 46.8. The van der Waals surface area contributed by atoms with Crippen molar-refractivity contribution in [2.75, 3.05) is 92.7 Å². The molecule has 7 rings (SSSR count). The Morgan fingerprint density at radius 2 is 0.777 bits per heavy atom. The quantitative estimate of drug-likeness (QED) is 0.0252. The molecule has 0 radical (unpaired) electrons. The molecule has 0 saturated carbocycles. The normalized spacial score (nSPS) is 39.5. The van der Waals surface area contributed by atoms with Gasteiger partial charge < -0.3 is 254 Å². The van der Waals surface area contributed by atoms with E-state index in [2.05, 4.69) is 10.6 Å². The topological polar surface area (TPSA) is 903 Å². The fourth-order valence-electron chi connectivity index (χ4n) is 15.2. The summed E-state index contributed by atoms with van der Waals surface area (Å²) in [6, 6.07) is -3.22. The van der Waals surface area contributed by atoms with Crippen molar-refractivity contribution < 1.29 is 268 Å². The van der Waals surface area contributed by atoms with Crippen LogP contribution in [0.2, 0.25) is 0 Å². The van der Waals surface area contributed by atoms with Gasteiger partial charge in [0.15, 0.2) is 87.0 Å². The zero-order valence-electron chi connectivity index (χ0n) is 70.5. The third kappa shape index (κ3) is 29.3. The molecule has 0 spiro atoms. The van der Waals surface area contributed by atoms with E-state index in [-0.39, 0.29) is 0 Å². The van der Waals surface area contributed by atoms with Gasteiger partial charge in [-0.25, -0.2) is 0 Å². The summed E-state index contributed by atoms with van der Waals surface area (Å²) in [6.45, 7) is -11.5. The van der Waals surface area contributed by atoms with Gasteiger partial charge in [-0.3, -0.25) is 24.0 Å². The molecule has 0 bridgehead atoms. The van der Waals surface area contributed by atoms with E-state index in [4.69, 9.17) is 85.3 Å². The number of Topliss-reactive ketones (excluding diaryl/α,β-unsaturated/α-hetero) is 3. The van der Waals surface area contributed by atoms with E-state index in [1.54, 1.807) is 0 Å². The zero-order chi connectivity index (χ0) is 96.7. The number of carbonyl (C=O) groups excluding carboxylic acids is 5. The molecule has 0 aromatic heterocycles. The molecular weight excluding hydrogens is 1780 g/mol. The highest BCUT2D eigenvalue weighted by Gasteiger charge is 2.59. The second-order valence-corrected chi connectivity index (χ2v) is 32.0. The molecule has 46 unspecified atom stereocenters. The fraction of sp³-hybridized carbons (Fsp3) is 0.932. The van der Waals surface area contributed by atoms with Gasteiger partial charge in [-0.2, -0.15) is 0 Å². The molecular formula is C74H128N2O54. The van der Waals surface area contributed by atoms with Crippen LogP contribution in [0.3, 0.4) is 0 Å². The Balaban J connectivity index is 1.31. The van der Waals surface area contributed by atoms with E-state index in [1.807, 2.05) is 0 Å². The van der Waals surface area contributed by atoms with Crippen molar-refractivity contribution >= 4 is 29.2 Å². The third-order valence-corrected chi connectivity index (χ3v) is 22.7. The molecule has 758 valence electrons. The number of carbonyl (C=O) groups is 5. The maximum Gasteiger partial charge on any atom is 0.217 e. The zero-order valence-corrected chi connectivity index (χ0v) is 70.5. The molecule has 2 amide bonds. The molecule has 0 aromatic carbocycles. The Morgan fingerprint density at radius 1 is 0.354 bits per heavy atom. The van der Waals surface area contributed by atoms with Gasteiger partial charge in [0.05, 0.1) is 108 Å². The first-order valence-electron chi connectivity index (χ1n) is 41.7. The SMILES string of the molecule is CC(=O)NC1C(C)OC(CO)C(OC2OC(CO)C(OC3OC(COC4OC(COC5OC(CO)C(O)C(O)C5OC(O)C(O)C(O)C(O)CCO)C(O)C(OC(CC(=O)C(O)CCO)OCOC(O)CC(=O)C(O)CCO)C4O)C(O)C(OC(O)C(COC4OC(CO)C(O)C(O)C4OC4OC(CO)C(O)C(O)C4CO)C(=O)C(O)CCO)C3O)C(O)C2NC(C)=O)C1O. The number of rotatable bonds is 53. The average molecular weight is 1910 g/mol. The maximum absolute atomic E-state index is 14.5. The standard InChI is InChI=1S/C74H128N2O54/c1-24-44(75-25(2)87)54(104)61(38(18-85)118-24)128-70-45(76-26(3)88)55(105)62(39(19-86)122-70)129-72-60(110)64(126-67(111)28(46(96)31(91)6-10-79)20-113-74-66(57(107)51(101)37(17-84)121-74)130-69-27(14-81)47(97)49(99)35(15-82)119-69)53(103)41(124-72)21-114-71-59(109)63(125-43(13-34(94)30(90)5-9-78)117-23-116-42(95)12-33(93)29(89)4-8-77)52(102)40(123-71)22-115-73-65(56(106)50(100)36(16-83)120-73)127-68(112)58(108)48(98)32(92)7-11-80/h24,27-32,35-45,47-74,77-86,89-92,95,97-112H,4-23H2,1-3H3,(H,75,87)(H,76,88). The van der Waals surface area contributed by atoms with Crippen molar-refractivity contribution in [1.82, 2.24) is 10.6 Å². The number of amides is 2. The Bertz CT molecular complexity index is 3320. The Labute approximate surface area is 739 Å². The highest BCUT2D eigenvalue weighted by molar-refractivity contribution is 5.86. The summed E-state index contributed by atoms with van der Waals surface area (Å²) in [4.78, 5) is 66.1. The largest absolute Gasteiger partial charge is 0.396 e. The average Bonchev–Trinajstić information content (AvgIpc) is 0.772. The van der Waals surface area contributed by atoms with Crippen LogP contribution >= 0.6 is 0 Å². The van der Waals surface area contributed by atoms with Gasteiger partial charge in [0.25, 0.3) is 0 Å². The monoisotopic (exact) mass is 1910 g/mol. The lowest BCUT2D eigenvalue weighted by molar-refractivity contribution is -0.378. The summed E-state index contributed by atoms with van der Waals surface area (Å²) < 4.78 is 105. The summed E-state index contributed by atoms with van der Waals surface area (Å²) in [5.74, 6) is -9.56. The number of aliphatic hydroxyl groups is 31. The van der Waals surface area contributed by atoms with E-state index in [1.165, 1.54) is 6.92 Å². The van der Waals surface area contributed by atoms with Crippen LogP contribution in [-0.4, -0.2) is 550 Å². The van der Waals surface area contributed by atoms with Crippen molar-refractivity contribution in [3.8, 4) is 0 Å². The van der Waals surface area contributed by atoms with Crippen LogP contribution in [0, 0.1) is 11.8 Å². The summed E-state index contributed by atoms with van der Waals surface area (Å²) in [7, 11) is 0. The van der Waals surface area contributed by atoms with Gasteiger partial charge in [0, 0.05) is 59.5 Å². The highest BCUT2D eigenvalue weighted by Crippen LogP contribution is 2.39. The number of hydrogen-bond donors (Lipinski definition) is 33. The van der Waals surface area contributed by atoms with Crippen LogP contribution in [0.15, 0.2) is 0 Å². The van der Waals surface area contributed by atoms with Crippen LogP contribution < -0.4 is 10.6 Å². The summed E-state index contributed by atoms with van der Waals surface area (Å²) in [5.41, 5.74) is 0. The lowest BCUT2D eigenvalue weighted by Gasteiger charge is -2.50. The first-order chi connectivity index (χ1) is 61.5. The van der Waals surface area contributed by atoms with Crippen LogP contribution in [0.25, 0.3) is 0 Å². The molecule has 56 heteroatoms. The summed E-state index contributed by atoms with van der Waals surface area (Å²) in [6.07, 6.45) is -96.1. The molecule has 33 N–H and O–H groups in total. The van der Waals surface area contributed by atoms with Crippen LogP contribution in [-0.2, 0) is 109 Å². The molecule has 130 heavy (non-hydrogen) atoms. The predicted molar refractivity (Wildman–Crippen MR) is 406 cm³/mol. The summed E-state index contributed by atoms with van der Waals surface area (Å²) >= 11 is 0. The number of ether oxygens (including phenoxy) is 18. The number of ketones is 3. The minimum atomic E-state index is -2.94. The van der Waals surface area contributed by atoms with Gasteiger partial charge in [0.1, 0.15) is 183 Å². The van der Waals surface area contributed by atoms with Crippen LogP contribution in [0.1, 0.15) is 59.3 Å². The van der Waals surface area contributed by atoms with Crippen molar-refractivity contribution in [2.45, 2.75) is 330 Å². The lowest BCUT2D eigenvalue weighted by Crippen LogP contribution is -2.70. The number of hydrogen-bond acceptors (Lipinski definition) is 54. The van der Waals surface area contributed by atoms with Crippen molar-refractivity contribution in [3.63, 3.8) is 0 Å². The lowest BCUT2D eigenvalue weighted by atomic mass is 9.91. The number of nitrogens with one attached hydrogen (secondary N) is 2. The molecule has 0 aromatic rings. The van der Waals surface area contributed by atoms with Gasteiger partial charge in [-0.05, 0) is 13.3 Å². The van der Waals surface area contributed by atoms with Gasteiger partial charge in [-0.15, -0.1) is 0 Å². The van der Waals surface area contributed by atoms with E-state index in [0.717, 1.165) is 13.8 Å². The smallest absolute Gasteiger partial charge is 0.217 e. The molecule has 7 aliphatic rings. The van der Waals surface area contributed by atoms with E-state index in [0.29, 0.717) is 0 Å². The minimum absolute atomic E-state index is 0.475. The second kappa shape index (κ2) is 53.8. The highest BCUT2D eigenvalue weighted by atomic mass is 16.8. The first kappa shape index (κ1) is 113. The minimum Gasteiger partial charge on any atom is -0.396 e. The third-order valence-electron chi connectivity index (χ3n) is 22.7. The molecule has 7 saturated heterocycles. The molecule has 46 atom stereocenters. The van der Waals surface area contributed by atoms with Gasteiger partial charge in [-0.1, -0.05) is 0 Å². The fourth-order valence-corrected chi connectivity index (χ4v) is 15.2. The van der Waals surface area contributed by atoms with E-state index >= 15 is 0 Å². The van der Waals surface area contributed by atoms with Crippen LogP contribution in [0.5, 0.6) is 0 Å². The Morgan fingerprint density at radius 3 is 1.31 bits per heavy atom. The predicted octanol–water partition coefficient (Wildman–Crippen LogP) is -20.5. The second-order valence-electron chi connectivity index (χ2n) is 32.0. The number of aliphatic hydroxyl groups excluding tert-OH is 31. The first-order valence-corrected chi connectivity index (χ1v) is 41.7. The maximum atomic E-state index is 14.5. The molecule has 7 aliphatic heterocycles. The van der Waals surface area contributed by atoms with Gasteiger partial charge in [0.2, 0.25) is 11.8 Å².